The molecule has 2 amide bonds. The summed E-state index contributed by atoms with van der Waals surface area (Å²) in [5, 5.41) is 3.70. The highest BCUT2D eigenvalue weighted by Crippen LogP contribution is 2.20. The maximum Gasteiger partial charge on any atom is 0.310 e. The number of nitrogens with zero attached hydrogens (tertiary/aromatic N) is 1. The van der Waals surface area contributed by atoms with Crippen LogP contribution in [0.3, 0.4) is 0 Å². The second-order valence-electron chi connectivity index (χ2n) is 7.43. The lowest BCUT2D eigenvalue weighted by atomic mass is 10.1. The lowest BCUT2D eigenvalue weighted by Crippen LogP contribution is -2.33. The molecule has 0 bridgehead atoms. The molecule has 0 spiro atoms. The summed E-state index contributed by atoms with van der Waals surface area (Å²) >= 11 is 0. The summed E-state index contributed by atoms with van der Waals surface area (Å²) in [7, 11) is 1.54. The van der Waals surface area contributed by atoms with Crippen molar-refractivity contribution < 1.29 is 23.5 Å². The molecule has 0 fully saturated rings. The third kappa shape index (κ3) is 5.12. The molecule has 4 rings (SSSR count). The molecule has 0 aliphatic heterocycles. The SMILES string of the molecule is CN(C(=O)COC(=O)Cc1c[nH]c2ccccc12)c1ccccc1C(=O)NCc1ccco1. The number of nitrogens with one attached hydrogen (secondary N) is 2. The van der Waals surface area contributed by atoms with Crippen molar-refractivity contribution in [2.24, 2.45) is 0 Å². The number of anilines is 1. The molecule has 0 saturated heterocycles. The Labute approximate surface area is 190 Å². The van der Waals surface area contributed by atoms with Gasteiger partial charge >= 0.3 is 5.97 Å². The zero-order chi connectivity index (χ0) is 23.2. The lowest BCUT2D eigenvalue weighted by molar-refractivity contribution is -0.147. The second kappa shape index (κ2) is 9.86. The highest BCUT2D eigenvalue weighted by atomic mass is 16.5. The molecular formula is C25H23N3O5. The normalized spacial score (nSPS) is 10.7. The Hall–Kier alpha value is -4.33. The van der Waals surface area contributed by atoms with Gasteiger partial charge in [-0.25, -0.2) is 0 Å². The van der Waals surface area contributed by atoms with Crippen LogP contribution in [0.4, 0.5) is 5.69 Å². The lowest BCUT2D eigenvalue weighted by Gasteiger charge is -2.20. The van der Waals surface area contributed by atoms with Gasteiger partial charge in [0, 0.05) is 24.1 Å². The Kier molecular flexibility index (Phi) is 6.54. The number of H-pyrrole nitrogens is 1. The Bertz CT molecular complexity index is 1280. The molecule has 0 radical (unpaired) electrons. The first-order chi connectivity index (χ1) is 16.0. The molecule has 0 saturated carbocycles. The Balaban J connectivity index is 1.36. The van der Waals surface area contributed by atoms with Crippen LogP contribution in [-0.2, 0) is 27.3 Å². The first kappa shape index (κ1) is 21.9. The first-order valence-electron chi connectivity index (χ1n) is 10.4. The van der Waals surface area contributed by atoms with Crippen LogP contribution in [0.5, 0.6) is 0 Å². The average molecular weight is 445 g/mol. The number of rotatable bonds is 8. The van der Waals surface area contributed by atoms with Gasteiger partial charge in [0.15, 0.2) is 6.61 Å². The number of aromatic amines is 1. The van der Waals surface area contributed by atoms with Crippen LogP contribution in [0.25, 0.3) is 10.9 Å². The molecule has 168 valence electrons. The van der Waals surface area contributed by atoms with Gasteiger partial charge in [0.2, 0.25) is 0 Å². The number of likely N-dealkylation sites (N-methyl/N-ethyl adjacent to an activating group) is 1. The number of furan rings is 1. The number of hydrogen-bond acceptors (Lipinski definition) is 5. The van der Waals surface area contributed by atoms with Crippen molar-refractivity contribution in [1.29, 1.82) is 0 Å². The highest BCUT2D eigenvalue weighted by molar-refractivity contribution is 6.05. The number of hydrogen-bond donors (Lipinski definition) is 2. The van der Waals surface area contributed by atoms with Crippen molar-refractivity contribution in [3.63, 3.8) is 0 Å². The van der Waals surface area contributed by atoms with E-state index >= 15 is 0 Å². The van der Waals surface area contributed by atoms with Gasteiger partial charge in [0.1, 0.15) is 5.76 Å². The summed E-state index contributed by atoms with van der Waals surface area (Å²) in [4.78, 5) is 42.1. The Morgan fingerprint density at radius 3 is 2.64 bits per heavy atom. The van der Waals surface area contributed by atoms with Crippen molar-refractivity contribution in [3.8, 4) is 0 Å². The first-order valence-corrected chi connectivity index (χ1v) is 10.4. The largest absolute Gasteiger partial charge is 0.467 e. The second-order valence-corrected chi connectivity index (χ2v) is 7.43. The smallest absolute Gasteiger partial charge is 0.310 e. The fraction of sp³-hybridized carbons (Fsp3) is 0.160. The number of ether oxygens (including phenoxy) is 1. The minimum Gasteiger partial charge on any atom is -0.467 e. The number of amides is 2. The van der Waals surface area contributed by atoms with Crippen LogP contribution < -0.4 is 10.2 Å². The number of para-hydroxylation sites is 2. The van der Waals surface area contributed by atoms with Crippen molar-refractivity contribution in [1.82, 2.24) is 10.3 Å². The molecule has 4 aromatic rings. The standard InChI is InChI=1S/C25H23N3O5/c1-28(22-11-5-3-9-20(22)25(31)27-15-18-7-6-12-32-18)23(29)16-33-24(30)13-17-14-26-21-10-4-2-8-19(17)21/h2-12,14,26H,13,15-16H2,1H3,(H,27,31). The van der Waals surface area contributed by atoms with Gasteiger partial charge in [0.05, 0.1) is 30.5 Å². The molecule has 0 aliphatic carbocycles. The average Bonchev–Trinajstić information content (AvgIpc) is 3.51. The van der Waals surface area contributed by atoms with E-state index in [0.717, 1.165) is 16.5 Å². The topological polar surface area (TPSA) is 105 Å². The van der Waals surface area contributed by atoms with E-state index in [0.29, 0.717) is 17.0 Å². The van der Waals surface area contributed by atoms with Crippen molar-refractivity contribution in [2.75, 3.05) is 18.6 Å². The van der Waals surface area contributed by atoms with Gasteiger partial charge in [-0.1, -0.05) is 30.3 Å². The van der Waals surface area contributed by atoms with Crippen molar-refractivity contribution >= 4 is 34.4 Å². The molecule has 8 nitrogen and oxygen atoms in total. The van der Waals surface area contributed by atoms with Crippen LogP contribution in [-0.4, -0.2) is 36.4 Å². The number of aromatic nitrogens is 1. The summed E-state index contributed by atoms with van der Waals surface area (Å²) in [6, 6.07) is 17.9. The van der Waals surface area contributed by atoms with Crippen LogP contribution in [0.15, 0.2) is 77.5 Å². The maximum absolute atomic E-state index is 12.7. The van der Waals surface area contributed by atoms with E-state index in [2.05, 4.69) is 10.3 Å². The van der Waals surface area contributed by atoms with E-state index in [1.54, 1.807) is 42.6 Å². The zero-order valence-corrected chi connectivity index (χ0v) is 18.0. The van der Waals surface area contributed by atoms with Gasteiger partial charge in [0.25, 0.3) is 11.8 Å². The summed E-state index contributed by atoms with van der Waals surface area (Å²) in [5.41, 5.74) is 2.46. The molecule has 2 aromatic heterocycles. The number of carbonyl (C=O) groups excluding carboxylic acids is 3. The molecule has 33 heavy (non-hydrogen) atoms. The Morgan fingerprint density at radius 2 is 1.82 bits per heavy atom. The molecule has 0 atom stereocenters. The van der Waals surface area contributed by atoms with Gasteiger partial charge < -0.3 is 24.4 Å². The molecule has 2 aromatic carbocycles. The van der Waals surface area contributed by atoms with Crippen LogP contribution in [0.2, 0.25) is 0 Å². The third-order valence-corrected chi connectivity index (χ3v) is 5.25. The van der Waals surface area contributed by atoms with Crippen molar-refractivity contribution in [3.05, 3.63) is 90.0 Å². The minimum absolute atomic E-state index is 0.0484. The quantitative estimate of drug-likeness (QED) is 0.404. The van der Waals surface area contributed by atoms with E-state index in [-0.39, 0.29) is 18.9 Å². The Morgan fingerprint density at radius 1 is 1.03 bits per heavy atom. The van der Waals surface area contributed by atoms with Crippen LogP contribution >= 0.6 is 0 Å². The molecule has 2 N–H and O–H groups in total. The monoisotopic (exact) mass is 445 g/mol. The number of benzene rings is 2. The minimum atomic E-state index is -0.508. The van der Waals surface area contributed by atoms with Gasteiger partial charge in [-0.05, 0) is 35.9 Å². The molecule has 2 heterocycles. The molecule has 8 heteroatoms. The fourth-order valence-electron chi connectivity index (χ4n) is 3.49. The van der Waals surface area contributed by atoms with Crippen molar-refractivity contribution in [2.45, 2.75) is 13.0 Å². The summed E-state index contributed by atoms with van der Waals surface area (Å²) < 4.78 is 10.4. The molecule has 0 aliphatic rings. The molecular weight excluding hydrogens is 422 g/mol. The highest BCUT2D eigenvalue weighted by Gasteiger charge is 2.20. The zero-order valence-electron chi connectivity index (χ0n) is 18.0. The van der Waals surface area contributed by atoms with Gasteiger partial charge in [-0.15, -0.1) is 0 Å². The van der Waals surface area contributed by atoms with Gasteiger partial charge in [-0.2, -0.15) is 0 Å². The van der Waals surface area contributed by atoms with E-state index in [1.807, 2.05) is 24.3 Å². The van der Waals surface area contributed by atoms with Crippen LogP contribution in [0, 0.1) is 0 Å². The van der Waals surface area contributed by atoms with Gasteiger partial charge in [-0.3, -0.25) is 14.4 Å². The van der Waals surface area contributed by atoms with E-state index < -0.39 is 18.5 Å². The van der Waals surface area contributed by atoms with E-state index in [4.69, 9.17) is 9.15 Å². The third-order valence-electron chi connectivity index (χ3n) is 5.25. The number of esters is 1. The fourth-order valence-corrected chi connectivity index (χ4v) is 3.49. The predicted octanol–water partition coefficient (Wildman–Crippen LogP) is 3.44. The summed E-state index contributed by atoms with van der Waals surface area (Å²) in [6.07, 6.45) is 3.34. The summed E-state index contributed by atoms with van der Waals surface area (Å²) in [6.45, 7) is -0.205. The molecule has 0 unspecified atom stereocenters. The van der Waals surface area contributed by atoms with E-state index in [9.17, 15) is 14.4 Å². The number of fused-ring (bicyclic) bond motifs is 1. The maximum atomic E-state index is 12.7. The number of carbonyl (C=O) groups is 3. The van der Waals surface area contributed by atoms with E-state index in [1.165, 1.54) is 18.2 Å². The van der Waals surface area contributed by atoms with Crippen LogP contribution in [0.1, 0.15) is 21.7 Å². The predicted molar refractivity (Wildman–Crippen MR) is 123 cm³/mol. The summed E-state index contributed by atoms with van der Waals surface area (Å²) in [5.74, 6) is -0.690.